The fourth-order valence-corrected chi connectivity index (χ4v) is 2.89. The highest BCUT2D eigenvalue weighted by Gasteiger charge is 2.31. The smallest absolute Gasteiger partial charge is 0.406 e. The van der Waals surface area contributed by atoms with Crippen LogP contribution in [0.15, 0.2) is 58.1 Å². The van der Waals surface area contributed by atoms with Crippen LogP contribution in [-0.4, -0.2) is 21.4 Å². The topological polar surface area (TPSA) is 82.3 Å². The van der Waals surface area contributed by atoms with E-state index in [2.05, 4.69) is 10.1 Å². The normalized spacial score (nSPS) is 11.4. The van der Waals surface area contributed by atoms with Crippen molar-refractivity contribution >= 4 is 22.5 Å². The number of hydrogen-bond acceptors (Lipinski definition) is 4. The third kappa shape index (κ3) is 4.48. The number of para-hydroxylation sites is 1. The minimum Gasteiger partial charge on any atom is -0.406 e. The summed E-state index contributed by atoms with van der Waals surface area (Å²) in [6, 6.07) is 11.0. The third-order valence-electron chi connectivity index (χ3n) is 4.12. The van der Waals surface area contributed by atoms with Gasteiger partial charge in [-0.15, -0.1) is 13.2 Å². The van der Waals surface area contributed by atoms with Crippen LogP contribution in [-0.2, 0) is 17.9 Å². The fraction of sp³-hybridized carbons (Fsp3) is 0.211. The van der Waals surface area contributed by atoms with Gasteiger partial charge in [0, 0.05) is 12.2 Å². The van der Waals surface area contributed by atoms with Gasteiger partial charge in [0.15, 0.2) is 0 Å². The number of amides is 1. The average Bonchev–Trinajstić information content (AvgIpc) is 2.66. The second kappa shape index (κ2) is 7.82. The van der Waals surface area contributed by atoms with Crippen molar-refractivity contribution < 1.29 is 22.7 Å². The number of aromatic nitrogens is 2. The largest absolute Gasteiger partial charge is 0.573 e. The van der Waals surface area contributed by atoms with Crippen LogP contribution in [0.25, 0.3) is 10.9 Å². The van der Waals surface area contributed by atoms with E-state index in [1.165, 1.54) is 16.7 Å². The highest BCUT2D eigenvalue weighted by molar-refractivity contribution is 5.91. The number of anilines is 1. The summed E-state index contributed by atoms with van der Waals surface area (Å²) in [6.45, 7) is 1.41. The number of carbonyl (C=O) groups is 1. The van der Waals surface area contributed by atoms with Crippen molar-refractivity contribution in [3.05, 3.63) is 69.4 Å². The lowest BCUT2D eigenvalue weighted by atomic mass is 10.2. The van der Waals surface area contributed by atoms with Gasteiger partial charge in [-0.25, -0.2) is 4.79 Å². The molecule has 0 aliphatic rings. The Bertz CT molecular complexity index is 1160. The number of alkyl halides is 3. The molecular formula is C19H16F3N3O4. The van der Waals surface area contributed by atoms with E-state index in [1.807, 2.05) is 0 Å². The van der Waals surface area contributed by atoms with Crippen LogP contribution in [0.5, 0.6) is 5.75 Å². The lowest BCUT2D eigenvalue weighted by Crippen LogP contribution is -2.41. The standard InChI is InChI=1S/C19H16F3N3O4/c1-2-24-17(27)14-5-3-4-6-15(14)25(18(24)28)11-16(26)23-12-7-9-13(10-8-12)29-19(20,21)22/h3-10H,2,11H2,1H3,(H,23,26). The molecule has 7 nitrogen and oxygen atoms in total. The number of benzene rings is 2. The second-order valence-electron chi connectivity index (χ2n) is 6.06. The number of hydrogen-bond donors (Lipinski definition) is 1. The van der Waals surface area contributed by atoms with E-state index >= 15 is 0 Å². The first-order chi connectivity index (χ1) is 13.7. The molecule has 2 aromatic carbocycles. The van der Waals surface area contributed by atoms with Crippen molar-refractivity contribution in [2.75, 3.05) is 5.32 Å². The highest BCUT2D eigenvalue weighted by Crippen LogP contribution is 2.24. The first kappa shape index (κ1) is 20.2. The number of nitrogens with one attached hydrogen (secondary N) is 1. The van der Waals surface area contributed by atoms with Crippen LogP contribution in [0.1, 0.15) is 6.92 Å². The molecule has 0 radical (unpaired) electrons. The minimum absolute atomic E-state index is 0.144. The van der Waals surface area contributed by atoms with Gasteiger partial charge in [-0.2, -0.15) is 0 Å². The molecule has 0 spiro atoms. The highest BCUT2D eigenvalue weighted by atomic mass is 19.4. The van der Waals surface area contributed by atoms with Crippen LogP contribution in [0.4, 0.5) is 18.9 Å². The number of halogens is 3. The number of fused-ring (bicyclic) bond motifs is 1. The summed E-state index contributed by atoms with van der Waals surface area (Å²) in [5.74, 6) is -1.00. The van der Waals surface area contributed by atoms with Gasteiger partial charge in [0.1, 0.15) is 12.3 Å². The second-order valence-corrected chi connectivity index (χ2v) is 6.06. The van der Waals surface area contributed by atoms with Crippen LogP contribution < -0.4 is 21.3 Å². The molecule has 1 amide bonds. The van der Waals surface area contributed by atoms with Crippen molar-refractivity contribution in [2.24, 2.45) is 0 Å². The number of rotatable bonds is 5. The monoisotopic (exact) mass is 407 g/mol. The van der Waals surface area contributed by atoms with E-state index in [4.69, 9.17) is 0 Å². The van der Waals surface area contributed by atoms with Gasteiger partial charge in [-0.1, -0.05) is 12.1 Å². The molecule has 0 bridgehead atoms. The van der Waals surface area contributed by atoms with Crippen LogP contribution in [0.2, 0.25) is 0 Å². The van der Waals surface area contributed by atoms with E-state index < -0.39 is 29.3 Å². The lowest BCUT2D eigenvalue weighted by molar-refractivity contribution is -0.274. The van der Waals surface area contributed by atoms with E-state index in [9.17, 15) is 27.6 Å². The van der Waals surface area contributed by atoms with Gasteiger partial charge in [-0.05, 0) is 43.3 Å². The predicted octanol–water partition coefficient (Wildman–Crippen LogP) is 2.72. The first-order valence-corrected chi connectivity index (χ1v) is 8.57. The first-order valence-electron chi connectivity index (χ1n) is 8.57. The Morgan fingerprint density at radius 3 is 2.31 bits per heavy atom. The van der Waals surface area contributed by atoms with Gasteiger partial charge in [0.05, 0.1) is 10.9 Å². The summed E-state index contributed by atoms with van der Waals surface area (Å²) < 4.78 is 42.6. The Kier molecular flexibility index (Phi) is 5.44. The maximum atomic E-state index is 12.6. The van der Waals surface area contributed by atoms with Gasteiger partial charge in [-0.3, -0.25) is 18.7 Å². The van der Waals surface area contributed by atoms with Gasteiger partial charge in [0.2, 0.25) is 5.91 Å². The average molecular weight is 407 g/mol. The molecule has 3 aromatic rings. The summed E-state index contributed by atoms with van der Waals surface area (Å²) in [5, 5.41) is 2.80. The zero-order valence-electron chi connectivity index (χ0n) is 15.2. The fourth-order valence-electron chi connectivity index (χ4n) is 2.89. The third-order valence-corrected chi connectivity index (χ3v) is 4.12. The van der Waals surface area contributed by atoms with E-state index in [1.54, 1.807) is 31.2 Å². The molecule has 152 valence electrons. The molecule has 29 heavy (non-hydrogen) atoms. The molecule has 0 unspecified atom stereocenters. The van der Waals surface area contributed by atoms with Crippen molar-refractivity contribution in [3.8, 4) is 5.75 Å². The Morgan fingerprint density at radius 2 is 1.69 bits per heavy atom. The van der Waals surface area contributed by atoms with Crippen molar-refractivity contribution in [3.63, 3.8) is 0 Å². The zero-order chi connectivity index (χ0) is 21.2. The van der Waals surface area contributed by atoms with E-state index in [-0.39, 0.29) is 18.8 Å². The molecule has 3 rings (SSSR count). The van der Waals surface area contributed by atoms with Gasteiger partial charge < -0.3 is 10.1 Å². The Hall–Kier alpha value is -3.56. The molecular weight excluding hydrogens is 391 g/mol. The molecule has 1 heterocycles. The Balaban J connectivity index is 1.85. The maximum Gasteiger partial charge on any atom is 0.573 e. The minimum atomic E-state index is -4.81. The summed E-state index contributed by atoms with van der Waals surface area (Å²) in [7, 11) is 0. The molecule has 0 aliphatic carbocycles. The van der Waals surface area contributed by atoms with Crippen LogP contribution in [0, 0.1) is 0 Å². The Labute approximate surface area is 161 Å². The lowest BCUT2D eigenvalue weighted by Gasteiger charge is -2.13. The summed E-state index contributed by atoms with van der Waals surface area (Å²) in [6.07, 6.45) is -4.81. The zero-order valence-corrected chi connectivity index (χ0v) is 15.2. The van der Waals surface area contributed by atoms with Crippen molar-refractivity contribution in [1.29, 1.82) is 0 Å². The summed E-state index contributed by atoms with van der Waals surface area (Å²) in [4.78, 5) is 37.4. The molecule has 0 saturated heterocycles. The van der Waals surface area contributed by atoms with Gasteiger partial charge in [0.25, 0.3) is 5.56 Å². The van der Waals surface area contributed by atoms with E-state index in [0.29, 0.717) is 10.9 Å². The number of ether oxygens (including phenoxy) is 1. The molecule has 10 heteroatoms. The molecule has 1 N–H and O–H groups in total. The SMILES string of the molecule is CCn1c(=O)c2ccccc2n(CC(=O)Nc2ccc(OC(F)(F)F)cc2)c1=O. The van der Waals surface area contributed by atoms with Crippen LogP contribution >= 0.6 is 0 Å². The molecule has 1 aromatic heterocycles. The summed E-state index contributed by atoms with van der Waals surface area (Å²) >= 11 is 0. The molecule has 0 atom stereocenters. The predicted molar refractivity (Wildman–Crippen MR) is 99.9 cm³/mol. The number of carbonyl (C=O) groups excluding carboxylic acids is 1. The van der Waals surface area contributed by atoms with Crippen molar-refractivity contribution in [1.82, 2.24) is 9.13 Å². The van der Waals surface area contributed by atoms with E-state index in [0.717, 1.165) is 16.7 Å². The quantitative estimate of drug-likeness (QED) is 0.705. The molecule has 0 aliphatic heterocycles. The molecule has 0 saturated carbocycles. The van der Waals surface area contributed by atoms with Crippen molar-refractivity contribution in [2.45, 2.75) is 26.4 Å². The summed E-state index contributed by atoms with van der Waals surface area (Å²) in [5.41, 5.74) is -0.521. The van der Waals surface area contributed by atoms with Crippen LogP contribution in [0.3, 0.4) is 0 Å². The number of nitrogens with zero attached hydrogens (tertiary/aromatic N) is 2. The Morgan fingerprint density at radius 1 is 1.03 bits per heavy atom. The molecule has 0 fully saturated rings. The van der Waals surface area contributed by atoms with Gasteiger partial charge >= 0.3 is 12.1 Å². The maximum absolute atomic E-state index is 12.6.